The molecule has 2 fully saturated rings. The monoisotopic (exact) mass is 856 g/mol. The Kier molecular flexibility index (Phi) is 16.1. The van der Waals surface area contributed by atoms with Crippen LogP contribution in [-0.2, 0) is 20.9 Å². The van der Waals surface area contributed by atoms with E-state index in [2.05, 4.69) is 31.5 Å². The molecule has 1 aliphatic carbocycles. The zero-order valence-corrected chi connectivity index (χ0v) is 30.4. The van der Waals surface area contributed by atoms with Gasteiger partial charge in [-0.3, -0.25) is 14.7 Å². The van der Waals surface area contributed by atoms with E-state index in [1.54, 1.807) is 6.20 Å². The van der Waals surface area contributed by atoms with Crippen LogP contribution in [-0.4, -0.2) is 121 Å². The maximum Gasteiger partial charge on any atom is 0.490 e. The van der Waals surface area contributed by atoms with Crippen molar-refractivity contribution in [3.8, 4) is 11.1 Å². The van der Waals surface area contributed by atoms with E-state index in [0.717, 1.165) is 59.4 Å². The van der Waals surface area contributed by atoms with Crippen molar-refractivity contribution in [1.29, 1.82) is 0 Å². The number of benzene rings is 2. The van der Waals surface area contributed by atoms with Crippen LogP contribution >= 0.6 is 11.3 Å². The summed E-state index contributed by atoms with van der Waals surface area (Å²) < 4.78 is 96.2. The molecule has 4 aromatic rings. The Balaban J connectivity index is 0.000000353. The lowest BCUT2D eigenvalue weighted by Gasteiger charge is -2.21. The summed E-state index contributed by atoms with van der Waals surface area (Å²) in [4.78, 5) is 62.0. The third-order valence-electron chi connectivity index (χ3n) is 7.83. The number of rotatable bonds is 9. The van der Waals surface area contributed by atoms with Crippen molar-refractivity contribution in [1.82, 2.24) is 30.3 Å². The number of fused-ring (bicyclic) bond motifs is 1. The first-order chi connectivity index (χ1) is 27.0. The zero-order chi connectivity index (χ0) is 43.4. The molecule has 316 valence electrons. The molecule has 0 atom stereocenters. The third-order valence-corrected chi connectivity index (χ3v) is 8.84. The number of hydrogen-bond acceptors (Lipinski definition) is 9. The number of H-pyrrole nitrogens is 1. The predicted molar refractivity (Wildman–Crippen MR) is 186 cm³/mol. The van der Waals surface area contributed by atoms with Crippen molar-refractivity contribution in [3.05, 3.63) is 71.0 Å². The second-order valence-electron chi connectivity index (χ2n) is 12.3. The summed E-state index contributed by atoms with van der Waals surface area (Å²) >= 11 is 1.43. The van der Waals surface area contributed by atoms with Gasteiger partial charge in [0.25, 0.3) is 11.8 Å². The Bertz CT molecular complexity index is 1970. The van der Waals surface area contributed by atoms with Gasteiger partial charge in [-0.05, 0) is 74.2 Å². The van der Waals surface area contributed by atoms with Gasteiger partial charge < -0.3 is 30.4 Å². The molecule has 2 aromatic carbocycles. The lowest BCUT2D eigenvalue weighted by atomic mass is 10.1. The van der Waals surface area contributed by atoms with E-state index in [1.807, 2.05) is 47.5 Å². The van der Waals surface area contributed by atoms with Crippen LogP contribution in [0.25, 0.3) is 21.3 Å². The number of carboxylic acid groups (broad SMARTS) is 3. The summed E-state index contributed by atoms with van der Waals surface area (Å²) in [6.45, 7) is 4.25. The molecule has 0 spiro atoms. The summed E-state index contributed by atoms with van der Waals surface area (Å²) in [6.07, 6.45) is -7.13. The summed E-state index contributed by atoms with van der Waals surface area (Å²) in [5.74, 6) is -8.38. The second kappa shape index (κ2) is 20.1. The molecule has 58 heavy (non-hydrogen) atoms. The lowest BCUT2D eigenvalue weighted by Crippen LogP contribution is -2.34. The van der Waals surface area contributed by atoms with Crippen molar-refractivity contribution in [2.75, 3.05) is 26.2 Å². The zero-order valence-electron chi connectivity index (χ0n) is 29.6. The predicted octanol–water partition coefficient (Wildman–Crippen LogP) is 6.22. The number of thiazole rings is 1. The van der Waals surface area contributed by atoms with Crippen LogP contribution in [0.3, 0.4) is 0 Å². The standard InChI is InChI=1S/C28H30N6O2S.3C2HF3O2/c35-26(29-10-13-33-11-1-2-12-33)21-5-3-4-19(14-21)18-34(23-7-8-23)28(36)27-32-24-9-6-20(15-25(24)37-27)22-16-30-31-17-22;3*3-2(4,5)1(6)7/h3-6,9,14-17,23H,1-2,7-8,10-13,18H2,(H,29,35)(H,30,31);3*(H,6,7). The molecule has 0 radical (unpaired) electrons. The van der Waals surface area contributed by atoms with Gasteiger partial charge >= 0.3 is 36.4 Å². The summed E-state index contributed by atoms with van der Waals surface area (Å²) in [5, 5.41) is 31.8. The van der Waals surface area contributed by atoms with E-state index in [4.69, 9.17) is 29.7 Å². The highest BCUT2D eigenvalue weighted by atomic mass is 32.1. The number of likely N-dealkylation sites (tertiary alicyclic amines) is 1. The van der Waals surface area contributed by atoms with Gasteiger partial charge in [0, 0.05) is 43.0 Å². The lowest BCUT2D eigenvalue weighted by molar-refractivity contribution is -0.193. The molecule has 1 aliphatic heterocycles. The molecule has 6 rings (SSSR count). The van der Waals surface area contributed by atoms with Gasteiger partial charge in [0.1, 0.15) is 0 Å². The van der Waals surface area contributed by atoms with Gasteiger partial charge in [-0.15, -0.1) is 11.3 Å². The molecule has 1 saturated carbocycles. The molecule has 24 heteroatoms. The van der Waals surface area contributed by atoms with Gasteiger partial charge in [0.05, 0.1) is 16.4 Å². The molecular weight excluding hydrogens is 823 g/mol. The number of aromatic amines is 1. The number of nitrogens with zero attached hydrogens (tertiary/aromatic N) is 4. The Labute approximate surface area is 325 Å². The number of hydrogen-bond donors (Lipinski definition) is 5. The first-order valence-electron chi connectivity index (χ1n) is 16.7. The quantitative estimate of drug-likeness (QED) is 0.120. The maximum atomic E-state index is 13.6. The average Bonchev–Trinajstić information content (AvgIpc) is 3.49. The SMILES string of the molecule is O=C(NCCN1CCCC1)c1cccc(CN(C(=O)c2nc3ccc(-c4cn[nH]c4)cc3s2)C2CC2)c1.O=C(O)C(F)(F)F.O=C(O)C(F)(F)F.O=C(O)C(F)(F)F. The van der Waals surface area contributed by atoms with E-state index in [0.29, 0.717) is 23.7 Å². The number of halogens is 9. The van der Waals surface area contributed by atoms with Gasteiger partial charge in [-0.25, -0.2) is 19.4 Å². The number of nitrogens with one attached hydrogen (secondary N) is 2. The number of aliphatic carboxylic acids is 3. The highest BCUT2D eigenvalue weighted by molar-refractivity contribution is 7.20. The summed E-state index contributed by atoms with van der Waals surface area (Å²) in [7, 11) is 0. The molecule has 2 amide bonds. The minimum atomic E-state index is -5.08. The molecule has 0 bridgehead atoms. The van der Waals surface area contributed by atoms with Gasteiger partial charge in [0.15, 0.2) is 5.01 Å². The van der Waals surface area contributed by atoms with E-state index in [9.17, 15) is 49.1 Å². The highest BCUT2D eigenvalue weighted by Crippen LogP contribution is 2.33. The fourth-order valence-corrected chi connectivity index (χ4v) is 5.88. The molecule has 2 aliphatic rings. The van der Waals surface area contributed by atoms with Gasteiger partial charge in [0.2, 0.25) is 0 Å². The first kappa shape index (κ1) is 46.6. The topological polar surface area (TPSA) is 206 Å². The van der Waals surface area contributed by atoms with Crippen LogP contribution < -0.4 is 5.32 Å². The Hall–Kier alpha value is -5.78. The highest BCUT2D eigenvalue weighted by Gasteiger charge is 2.39. The van der Waals surface area contributed by atoms with Crippen LogP contribution in [0, 0.1) is 0 Å². The van der Waals surface area contributed by atoms with Crippen LogP contribution in [0.2, 0.25) is 0 Å². The Morgan fingerprint density at radius 1 is 0.828 bits per heavy atom. The summed E-state index contributed by atoms with van der Waals surface area (Å²) in [6, 6.07) is 13.9. The average molecular weight is 857 g/mol. The van der Waals surface area contributed by atoms with E-state index in [-0.39, 0.29) is 17.9 Å². The largest absolute Gasteiger partial charge is 0.490 e. The molecular formula is C34H33F9N6O8S. The number of carbonyl (C=O) groups is 5. The fraction of sp³-hybridized carbons (Fsp3) is 0.382. The van der Waals surface area contributed by atoms with Crippen LogP contribution in [0.5, 0.6) is 0 Å². The molecule has 1 saturated heterocycles. The van der Waals surface area contributed by atoms with E-state index in [1.165, 1.54) is 24.2 Å². The van der Waals surface area contributed by atoms with Crippen molar-refractivity contribution >= 4 is 51.3 Å². The summed E-state index contributed by atoms with van der Waals surface area (Å²) in [5.41, 5.74) is 4.45. The number of carbonyl (C=O) groups excluding carboxylic acids is 2. The second-order valence-corrected chi connectivity index (χ2v) is 13.3. The maximum absolute atomic E-state index is 13.6. The van der Waals surface area contributed by atoms with Crippen molar-refractivity contribution in [2.45, 2.75) is 56.8 Å². The minimum Gasteiger partial charge on any atom is -0.475 e. The van der Waals surface area contributed by atoms with E-state index >= 15 is 0 Å². The number of carboxylic acids is 3. The molecule has 2 aromatic heterocycles. The molecule has 5 N–H and O–H groups in total. The number of alkyl halides is 9. The first-order valence-corrected chi connectivity index (χ1v) is 17.5. The molecule has 0 unspecified atom stereocenters. The van der Waals surface area contributed by atoms with E-state index < -0.39 is 36.4 Å². The van der Waals surface area contributed by atoms with Crippen molar-refractivity contribution < 1.29 is 78.8 Å². The molecule has 14 nitrogen and oxygen atoms in total. The smallest absolute Gasteiger partial charge is 0.475 e. The minimum absolute atomic E-state index is 0.0472. The van der Waals surface area contributed by atoms with Gasteiger partial charge in [-0.1, -0.05) is 18.2 Å². The third kappa shape index (κ3) is 14.9. The normalized spacial score (nSPS) is 14.2. The number of amides is 2. The van der Waals surface area contributed by atoms with Crippen LogP contribution in [0.4, 0.5) is 39.5 Å². The van der Waals surface area contributed by atoms with Crippen LogP contribution in [0.15, 0.2) is 54.9 Å². The fourth-order valence-electron chi connectivity index (χ4n) is 4.92. The number of aromatic nitrogens is 3. The van der Waals surface area contributed by atoms with Crippen LogP contribution in [0.1, 0.15) is 51.4 Å². The Morgan fingerprint density at radius 3 is 1.90 bits per heavy atom. The molecule has 3 heterocycles. The Morgan fingerprint density at radius 2 is 1.40 bits per heavy atom. The van der Waals surface area contributed by atoms with Crippen molar-refractivity contribution in [2.24, 2.45) is 0 Å². The van der Waals surface area contributed by atoms with Gasteiger partial charge in [-0.2, -0.15) is 44.6 Å². The van der Waals surface area contributed by atoms with Crippen molar-refractivity contribution in [3.63, 3.8) is 0 Å².